The highest BCUT2D eigenvalue weighted by atomic mass is 32.1. The summed E-state index contributed by atoms with van der Waals surface area (Å²) in [5.41, 5.74) is 1.06. The van der Waals surface area contributed by atoms with Crippen molar-refractivity contribution in [2.45, 2.75) is 64.3 Å². The third-order valence-corrected chi connectivity index (χ3v) is 5.53. The van der Waals surface area contributed by atoms with E-state index in [-0.39, 0.29) is 0 Å². The van der Waals surface area contributed by atoms with Gasteiger partial charge in [0.2, 0.25) is 0 Å². The van der Waals surface area contributed by atoms with E-state index in [1.54, 1.807) is 11.3 Å². The van der Waals surface area contributed by atoms with Crippen molar-refractivity contribution < 1.29 is 4.79 Å². The lowest BCUT2D eigenvalue weighted by molar-refractivity contribution is 0.0976. The lowest BCUT2D eigenvalue weighted by Crippen LogP contribution is -2.36. The fourth-order valence-electron chi connectivity index (χ4n) is 3.32. The molecular formula is C15H22N2OS. The molecule has 0 aromatic carbocycles. The van der Waals surface area contributed by atoms with E-state index in [0.717, 1.165) is 35.1 Å². The number of aromatic nitrogens is 1. The van der Waals surface area contributed by atoms with Crippen molar-refractivity contribution >= 4 is 22.3 Å². The molecule has 19 heavy (non-hydrogen) atoms. The monoisotopic (exact) mass is 278 g/mol. The molecule has 1 heterocycles. The average molecular weight is 278 g/mol. The summed E-state index contributed by atoms with van der Waals surface area (Å²) in [7, 11) is 0. The normalized spacial score (nSPS) is 20.4. The zero-order chi connectivity index (χ0) is 13.2. The molecule has 0 atom stereocenters. The van der Waals surface area contributed by atoms with E-state index in [1.165, 1.54) is 32.1 Å². The molecule has 0 aliphatic heterocycles. The number of ketones is 1. The number of anilines is 1. The van der Waals surface area contributed by atoms with E-state index < -0.39 is 0 Å². The number of Topliss-reactive ketones (excluding diaryl/α,β-unsaturated/α-hetero) is 1. The van der Waals surface area contributed by atoms with Crippen molar-refractivity contribution in [1.82, 2.24) is 4.98 Å². The second-order valence-corrected chi connectivity index (χ2v) is 6.60. The summed E-state index contributed by atoms with van der Waals surface area (Å²) in [5.74, 6) is 0.310. The molecule has 2 aliphatic rings. The second kappa shape index (κ2) is 5.61. The van der Waals surface area contributed by atoms with Crippen LogP contribution >= 0.6 is 11.3 Å². The Balaban J connectivity index is 1.85. The summed E-state index contributed by atoms with van der Waals surface area (Å²) in [6.07, 6.45) is 9.30. The van der Waals surface area contributed by atoms with E-state index in [9.17, 15) is 4.79 Å². The van der Waals surface area contributed by atoms with Crippen LogP contribution in [0.15, 0.2) is 0 Å². The van der Waals surface area contributed by atoms with Crippen LogP contribution in [0.2, 0.25) is 0 Å². The van der Waals surface area contributed by atoms with Crippen LogP contribution in [0.3, 0.4) is 0 Å². The van der Waals surface area contributed by atoms with Gasteiger partial charge >= 0.3 is 0 Å². The van der Waals surface area contributed by atoms with E-state index in [0.29, 0.717) is 18.2 Å². The Hall–Kier alpha value is -0.900. The Kier molecular flexibility index (Phi) is 3.87. The van der Waals surface area contributed by atoms with Crippen molar-refractivity contribution in [2.24, 2.45) is 0 Å². The van der Waals surface area contributed by atoms with Gasteiger partial charge in [-0.3, -0.25) is 4.79 Å². The molecule has 1 fully saturated rings. The number of carbonyl (C=O) groups is 1. The van der Waals surface area contributed by atoms with E-state index in [2.05, 4.69) is 11.8 Å². The minimum absolute atomic E-state index is 0.310. The Morgan fingerprint density at radius 3 is 2.68 bits per heavy atom. The molecule has 0 spiro atoms. The van der Waals surface area contributed by atoms with Crippen LogP contribution in [0.25, 0.3) is 0 Å². The van der Waals surface area contributed by atoms with Gasteiger partial charge < -0.3 is 4.90 Å². The van der Waals surface area contributed by atoms with Crippen molar-refractivity contribution in [1.29, 1.82) is 0 Å². The first-order valence-electron chi connectivity index (χ1n) is 7.59. The number of rotatable bonds is 3. The lowest BCUT2D eigenvalue weighted by Gasteiger charge is -2.33. The lowest BCUT2D eigenvalue weighted by atomic mass is 9.94. The third kappa shape index (κ3) is 2.55. The molecule has 2 aliphatic carbocycles. The van der Waals surface area contributed by atoms with E-state index in [4.69, 9.17) is 4.98 Å². The van der Waals surface area contributed by atoms with Crippen molar-refractivity contribution in [3.63, 3.8) is 0 Å². The molecule has 0 unspecified atom stereocenters. The van der Waals surface area contributed by atoms with Gasteiger partial charge in [-0.05, 0) is 32.6 Å². The van der Waals surface area contributed by atoms with Crippen molar-refractivity contribution in [3.8, 4) is 0 Å². The summed E-state index contributed by atoms with van der Waals surface area (Å²) in [4.78, 5) is 20.1. The molecule has 4 heteroatoms. The van der Waals surface area contributed by atoms with Crippen LogP contribution in [-0.4, -0.2) is 23.4 Å². The largest absolute Gasteiger partial charge is 0.345 e. The number of hydrogen-bond acceptors (Lipinski definition) is 4. The van der Waals surface area contributed by atoms with Crippen LogP contribution in [0.4, 0.5) is 5.13 Å². The van der Waals surface area contributed by atoms with Crippen LogP contribution in [0.1, 0.15) is 67.2 Å². The van der Waals surface area contributed by atoms with E-state index in [1.807, 2.05) is 0 Å². The first kappa shape index (κ1) is 13.1. The predicted molar refractivity (Wildman–Crippen MR) is 79.3 cm³/mol. The Labute approximate surface area is 119 Å². The van der Waals surface area contributed by atoms with Crippen LogP contribution in [-0.2, 0) is 6.42 Å². The summed E-state index contributed by atoms with van der Waals surface area (Å²) < 4.78 is 0. The van der Waals surface area contributed by atoms with Crippen LogP contribution < -0.4 is 4.90 Å². The van der Waals surface area contributed by atoms with Crippen molar-refractivity contribution in [2.75, 3.05) is 11.4 Å². The maximum absolute atomic E-state index is 11.9. The average Bonchev–Trinajstić information content (AvgIpc) is 2.86. The molecule has 0 saturated heterocycles. The molecule has 0 N–H and O–H groups in total. The highest BCUT2D eigenvalue weighted by Gasteiger charge is 2.27. The topological polar surface area (TPSA) is 33.2 Å². The van der Waals surface area contributed by atoms with Crippen molar-refractivity contribution in [3.05, 3.63) is 10.6 Å². The minimum atomic E-state index is 0.310. The SMILES string of the molecule is CCN(c1nc2c(s1)C(=O)CCC2)C1CCCCC1. The maximum Gasteiger partial charge on any atom is 0.186 e. The molecule has 0 bridgehead atoms. The molecule has 1 aromatic rings. The minimum Gasteiger partial charge on any atom is -0.345 e. The Bertz CT molecular complexity index is 463. The summed E-state index contributed by atoms with van der Waals surface area (Å²) in [6.45, 7) is 3.21. The molecule has 3 nitrogen and oxygen atoms in total. The molecule has 0 radical (unpaired) electrons. The summed E-state index contributed by atoms with van der Waals surface area (Å²) >= 11 is 1.64. The van der Waals surface area contributed by atoms with E-state index >= 15 is 0 Å². The smallest absolute Gasteiger partial charge is 0.186 e. The fraction of sp³-hybridized carbons (Fsp3) is 0.733. The number of nitrogens with zero attached hydrogens (tertiary/aromatic N) is 2. The van der Waals surface area contributed by atoms with Gasteiger partial charge in [0.25, 0.3) is 0 Å². The highest BCUT2D eigenvalue weighted by Crippen LogP contribution is 2.34. The zero-order valence-electron chi connectivity index (χ0n) is 11.7. The second-order valence-electron chi connectivity index (χ2n) is 5.63. The van der Waals surface area contributed by atoms with Crippen LogP contribution in [0, 0.1) is 0 Å². The number of carbonyl (C=O) groups excluding carboxylic acids is 1. The van der Waals surface area contributed by atoms with Gasteiger partial charge in [-0.1, -0.05) is 30.6 Å². The number of fused-ring (bicyclic) bond motifs is 1. The quantitative estimate of drug-likeness (QED) is 0.842. The fourth-order valence-corrected chi connectivity index (χ4v) is 4.54. The summed E-state index contributed by atoms with van der Waals surface area (Å²) in [6, 6.07) is 0.640. The molecule has 0 amide bonds. The molecule has 3 rings (SSSR count). The van der Waals surface area contributed by atoms with Gasteiger partial charge in [0, 0.05) is 19.0 Å². The molecule has 1 aromatic heterocycles. The molecule has 104 valence electrons. The van der Waals surface area contributed by atoms with Crippen LogP contribution in [0.5, 0.6) is 0 Å². The van der Waals surface area contributed by atoms with Gasteiger partial charge in [-0.15, -0.1) is 0 Å². The maximum atomic E-state index is 11.9. The number of aryl methyl sites for hydroxylation is 1. The first-order valence-corrected chi connectivity index (χ1v) is 8.40. The summed E-state index contributed by atoms with van der Waals surface area (Å²) in [5, 5.41) is 1.09. The van der Waals surface area contributed by atoms with Gasteiger partial charge in [0.15, 0.2) is 10.9 Å². The predicted octanol–water partition coefficient (Wildman–Crippen LogP) is 3.82. The third-order valence-electron chi connectivity index (χ3n) is 4.36. The number of thiazole rings is 1. The van der Waals surface area contributed by atoms with Gasteiger partial charge in [-0.2, -0.15) is 0 Å². The Morgan fingerprint density at radius 1 is 1.21 bits per heavy atom. The number of hydrogen-bond donors (Lipinski definition) is 0. The molecular weight excluding hydrogens is 256 g/mol. The van der Waals surface area contributed by atoms with Gasteiger partial charge in [-0.25, -0.2) is 4.98 Å². The standard InChI is InChI=1S/C15H22N2OS/c1-2-17(11-7-4-3-5-8-11)15-16-12-9-6-10-13(18)14(12)19-15/h11H,2-10H2,1H3. The Morgan fingerprint density at radius 2 is 2.00 bits per heavy atom. The zero-order valence-corrected chi connectivity index (χ0v) is 12.5. The molecule has 1 saturated carbocycles. The van der Waals surface area contributed by atoms with Gasteiger partial charge in [0.05, 0.1) is 10.6 Å². The van der Waals surface area contributed by atoms with Gasteiger partial charge in [0.1, 0.15) is 0 Å². The first-order chi connectivity index (χ1) is 9.29. The highest BCUT2D eigenvalue weighted by molar-refractivity contribution is 7.17.